The molecule has 0 aliphatic carbocycles. The smallest absolute Gasteiger partial charge is 0.191 e. The molecule has 0 bridgehead atoms. The van der Waals surface area contributed by atoms with Crippen LogP contribution in [0, 0.1) is 12.7 Å². The predicted molar refractivity (Wildman–Crippen MR) is 112 cm³/mol. The van der Waals surface area contributed by atoms with Crippen LogP contribution in [-0.2, 0) is 6.54 Å². The lowest BCUT2D eigenvalue weighted by Crippen LogP contribution is -2.37. The van der Waals surface area contributed by atoms with Crippen molar-refractivity contribution in [3.63, 3.8) is 0 Å². The minimum atomic E-state index is -0.175. The summed E-state index contributed by atoms with van der Waals surface area (Å²) >= 11 is 3.43. The molecule has 2 N–H and O–H groups in total. The maximum Gasteiger partial charge on any atom is 0.191 e. The van der Waals surface area contributed by atoms with E-state index in [4.69, 9.17) is 0 Å². The topological polar surface area (TPSA) is 49.3 Å². The van der Waals surface area contributed by atoms with Crippen LogP contribution in [0.3, 0.4) is 0 Å². The zero-order valence-corrected chi connectivity index (χ0v) is 17.7. The van der Waals surface area contributed by atoms with Gasteiger partial charge in [0.1, 0.15) is 10.2 Å². The second-order valence-corrected chi connectivity index (χ2v) is 7.17. The van der Waals surface area contributed by atoms with Gasteiger partial charge in [0.15, 0.2) is 5.96 Å². The van der Waals surface area contributed by atoms with Crippen LogP contribution < -0.4 is 10.6 Å². The summed E-state index contributed by atoms with van der Waals surface area (Å²) in [4.78, 5) is 8.41. The Bertz CT molecular complexity index is 635. The Hall–Kier alpha value is -0.870. The van der Waals surface area contributed by atoms with Gasteiger partial charge in [-0.3, -0.25) is 4.99 Å². The van der Waals surface area contributed by atoms with Gasteiger partial charge in [-0.25, -0.2) is 9.37 Å². The Morgan fingerprint density at radius 2 is 2.21 bits per heavy atom. The monoisotopic (exact) mass is 480 g/mol. The Morgan fingerprint density at radius 1 is 1.38 bits per heavy atom. The highest BCUT2D eigenvalue weighted by atomic mass is 127. The molecule has 0 unspecified atom stereocenters. The van der Waals surface area contributed by atoms with Crippen LogP contribution in [0.4, 0.5) is 4.39 Å². The van der Waals surface area contributed by atoms with E-state index in [2.05, 4.69) is 20.6 Å². The molecule has 0 aliphatic heterocycles. The highest BCUT2D eigenvalue weighted by Gasteiger charge is 2.02. The number of nitrogens with one attached hydrogen (secondary N) is 2. The van der Waals surface area contributed by atoms with E-state index in [1.54, 1.807) is 49.2 Å². The number of rotatable bonds is 7. The average Bonchev–Trinajstić information content (AvgIpc) is 3.06. The van der Waals surface area contributed by atoms with E-state index in [0.29, 0.717) is 12.1 Å². The van der Waals surface area contributed by atoms with Gasteiger partial charge >= 0.3 is 0 Å². The fraction of sp³-hybridized carbons (Fsp3) is 0.375. The molecule has 1 heterocycles. The number of thioether (sulfide) groups is 1. The fourth-order valence-corrected chi connectivity index (χ4v) is 3.52. The lowest BCUT2D eigenvalue weighted by atomic mass is 10.1. The molecule has 0 aliphatic rings. The second kappa shape index (κ2) is 11.6. The van der Waals surface area contributed by atoms with Crippen LogP contribution in [0.15, 0.2) is 39.1 Å². The van der Waals surface area contributed by atoms with Gasteiger partial charge in [0.05, 0.1) is 0 Å². The van der Waals surface area contributed by atoms with Gasteiger partial charge in [0.25, 0.3) is 0 Å². The summed E-state index contributed by atoms with van der Waals surface area (Å²) in [6, 6.07) is 5.27. The number of benzene rings is 1. The van der Waals surface area contributed by atoms with E-state index in [-0.39, 0.29) is 29.8 Å². The molecule has 1 aromatic heterocycles. The van der Waals surface area contributed by atoms with Crippen molar-refractivity contribution in [1.29, 1.82) is 0 Å². The molecule has 0 saturated carbocycles. The molecule has 0 fully saturated rings. The normalized spacial score (nSPS) is 11.0. The van der Waals surface area contributed by atoms with Crippen molar-refractivity contribution in [3.05, 3.63) is 46.7 Å². The third-order valence-electron chi connectivity index (χ3n) is 3.17. The Morgan fingerprint density at radius 3 is 2.88 bits per heavy atom. The second-order valence-electron chi connectivity index (χ2n) is 4.94. The van der Waals surface area contributed by atoms with Gasteiger partial charge in [-0.2, -0.15) is 0 Å². The van der Waals surface area contributed by atoms with Crippen molar-refractivity contribution in [2.45, 2.75) is 24.2 Å². The first-order valence-electron chi connectivity index (χ1n) is 7.41. The molecule has 0 amide bonds. The minimum Gasteiger partial charge on any atom is -0.356 e. The van der Waals surface area contributed by atoms with Crippen LogP contribution in [0.25, 0.3) is 0 Å². The first-order valence-corrected chi connectivity index (χ1v) is 9.27. The van der Waals surface area contributed by atoms with E-state index in [1.807, 2.05) is 17.6 Å². The van der Waals surface area contributed by atoms with Crippen molar-refractivity contribution in [1.82, 2.24) is 15.6 Å². The number of nitrogens with zero attached hydrogens (tertiary/aromatic N) is 2. The van der Waals surface area contributed by atoms with Gasteiger partial charge in [-0.05, 0) is 30.5 Å². The molecule has 8 heteroatoms. The molecule has 0 spiro atoms. The van der Waals surface area contributed by atoms with Crippen molar-refractivity contribution < 1.29 is 4.39 Å². The summed E-state index contributed by atoms with van der Waals surface area (Å²) < 4.78 is 14.6. The first kappa shape index (κ1) is 21.2. The molecule has 1 aromatic carbocycles. The maximum absolute atomic E-state index is 13.5. The predicted octanol–water partition coefficient (Wildman–Crippen LogP) is 4.06. The van der Waals surface area contributed by atoms with Crippen molar-refractivity contribution in [2.24, 2.45) is 4.99 Å². The number of halogens is 2. The molecule has 24 heavy (non-hydrogen) atoms. The van der Waals surface area contributed by atoms with Crippen molar-refractivity contribution >= 4 is 53.0 Å². The number of guanidine groups is 1. The van der Waals surface area contributed by atoms with Crippen LogP contribution in [0.5, 0.6) is 0 Å². The third kappa shape index (κ3) is 7.35. The summed E-state index contributed by atoms with van der Waals surface area (Å²) in [6.45, 7) is 3.14. The van der Waals surface area contributed by atoms with Gasteiger partial charge in [0.2, 0.25) is 0 Å². The van der Waals surface area contributed by atoms with Crippen LogP contribution in [0.2, 0.25) is 0 Å². The standard InChI is InChI=1S/C16H21FN4S2.HI/c1-12-4-5-13(10-14(12)17)11-21-15(18-2)19-6-3-8-22-16-20-7-9-23-16;/h4-5,7,9-10H,3,6,8,11H2,1-2H3,(H2,18,19,21);1H. The van der Waals surface area contributed by atoms with E-state index < -0.39 is 0 Å². The van der Waals surface area contributed by atoms with Crippen molar-refractivity contribution in [3.8, 4) is 0 Å². The number of hydrogen-bond acceptors (Lipinski definition) is 4. The Labute approximate surface area is 167 Å². The summed E-state index contributed by atoms with van der Waals surface area (Å²) in [5, 5.41) is 8.44. The molecule has 2 aromatic rings. The van der Waals surface area contributed by atoms with Gasteiger partial charge < -0.3 is 10.6 Å². The van der Waals surface area contributed by atoms with Crippen molar-refractivity contribution in [2.75, 3.05) is 19.3 Å². The van der Waals surface area contributed by atoms with Gasteiger partial charge in [0, 0.05) is 37.5 Å². The minimum absolute atomic E-state index is 0. The fourth-order valence-electron chi connectivity index (χ4n) is 1.87. The van der Waals surface area contributed by atoms with E-state index in [1.165, 1.54) is 0 Å². The quantitative estimate of drug-likeness (QED) is 0.206. The lowest BCUT2D eigenvalue weighted by Gasteiger charge is -2.12. The number of aryl methyl sites for hydroxylation is 1. The number of hydrogen-bond donors (Lipinski definition) is 2. The van der Waals surface area contributed by atoms with Gasteiger partial charge in [-0.15, -0.1) is 35.3 Å². The number of aliphatic imine (C=N–C) groups is 1. The zero-order chi connectivity index (χ0) is 16.5. The maximum atomic E-state index is 13.5. The van der Waals surface area contributed by atoms with E-state index >= 15 is 0 Å². The molecule has 4 nitrogen and oxygen atoms in total. The SMILES string of the molecule is CN=C(NCCCSc1nccs1)NCc1ccc(C)c(F)c1.I. The van der Waals surface area contributed by atoms with Gasteiger partial charge in [-0.1, -0.05) is 23.9 Å². The van der Waals surface area contributed by atoms with Crippen LogP contribution in [0.1, 0.15) is 17.5 Å². The largest absolute Gasteiger partial charge is 0.356 e. The summed E-state index contributed by atoms with van der Waals surface area (Å²) in [5.41, 5.74) is 1.56. The van der Waals surface area contributed by atoms with Crippen LogP contribution >= 0.6 is 47.1 Å². The molecule has 0 atom stereocenters. The summed E-state index contributed by atoms with van der Waals surface area (Å²) in [7, 11) is 1.73. The van der Waals surface area contributed by atoms with E-state index in [0.717, 1.165) is 34.6 Å². The Kier molecular flexibility index (Phi) is 10.3. The molecule has 2 rings (SSSR count). The molecular formula is C16H22FIN4S2. The lowest BCUT2D eigenvalue weighted by molar-refractivity contribution is 0.615. The number of aromatic nitrogens is 1. The average molecular weight is 480 g/mol. The van der Waals surface area contributed by atoms with E-state index in [9.17, 15) is 4.39 Å². The molecule has 0 radical (unpaired) electrons. The summed E-state index contributed by atoms with van der Waals surface area (Å²) in [5.74, 6) is 1.57. The third-order valence-corrected chi connectivity index (χ3v) is 5.22. The molecule has 132 valence electrons. The first-order chi connectivity index (χ1) is 11.2. The number of thiazole rings is 1. The molecule has 0 saturated heterocycles. The zero-order valence-electron chi connectivity index (χ0n) is 13.7. The summed E-state index contributed by atoms with van der Waals surface area (Å²) in [6.07, 6.45) is 2.84. The molecular weight excluding hydrogens is 458 g/mol. The highest BCUT2D eigenvalue weighted by Crippen LogP contribution is 2.20. The van der Waals surface area contributed by atoms with Crippen LogP contribution in [-0.4, -0.2) is 30.3 Å². The Balaban J connectivity index is 0.00000288. The highest BCUT2D eigenvalue weighted by molar-refractivity contribution is 14.0.